The standard InChI is InChI=1S/C27H31F/c1-2-3-4-5-21-10-16-26-23(18-21)12-13-24-19-22(11-17-27(24)26)7-6-20-8-14-25(28)15-9-20/h8-9,11,14-15,17,19,21,23,26H,2-5,10,12-13,16,18H2,1H3. The van der Waals surface area contributed by atoms with Crippen LogP contribution in [0.4, 0.5) is 4.39 Å². The van der Waals surface area contributed by atoms with Gasteiger partial charge in [0, 0.05) is 11.1 Å². The van der Waals surface area contributed by atoms with Gasteiger partial charge in [-0.2, -0.15) is 0 Å². The average molecular weight is 375 g/mol. The smallest absolute Gasteiger partial charge is 0.123 e. The van der Waals surface area contributed by atoms with Crippen molar-refractivity contribution in [3.05, 3.63) is 70.5 Å². The summed E-state index contributed by atoms with van der Waals surface area (Å²) >= 11 is 0. The number of aryl methyl sites for hydroxylation is 1. The van der Waals surface area contributed by atoms with Crippen molar-refractivity contribution in [3.8, 4) is 11.8 Å². The first-order valence-corrected chi connectivity index (χ1v) is 11.1. The van der Waals surface area contributed by atoms with Gasteiger partial charge in [-0.25, -0.2) is 4.39 Å². The molecule has 0 saturated heterocycles. The minimum atomic E-state index is -0.214. The molecule has 0 aromatic heterocycles. The van der Waals surface area contributed by atoms with Gasteiger partial charge in [-0.1, -0.05) is 50.5 Å². The summed E-state index contributed by atoms with van der Waals surface area (Å²) in [6, 6.07) is 13.2. The van der Waals surface area contributed by atoms with Crippen LogP contribution in [0.1, 0.15) is 86.5 Å². The van der Waals surface area contributed by atoms with Crippen molar-refractivity contribution in [2.75, 3.05) is 0 Å². The molecule has 0 heterocycles. The van der Waals surface area contributed by atoms with Crippen molar-refractivity contribution in [2.24, 2.45) is 11.8 Å². The maximum atomic E-state index is 13.0. The lowest BCUT2D eigenvalue weighted by Crippen LogP contribution is -2.28. The minimum absolute atomic E-state index is 0.214. The molecule has 2 aromatic rings. The number of benzene rings is 2. The summed E-state index contributed by atoms with van der Waals surface area (Å²) in [6.45, 7) is 2.30. The van der Waals surface area contributed by atoms with Crippen molar-refractivity contribution in [1.29, 1.82) is 0 Å². The summed E-state index contributed by atoms with van der Waals surface area (Å²) in [5, 5.41) is 0. The fourth-order valence-corrected chi connectivity index (χ4v) is 5.32. The van der Waals surface area contributed by atoms with Crippen molar-refractivity contribution in [1.82, 2.24) is 0 Å². The molecule has 2 aliphatic carbocycles. The number of hydrogen-bond acceptors (Lipinski definition) is 0. The Hall–Kier alpha value is -2.07. The van der Waals surface area contributed by atoms with E-state index in [1.54, 1.807) is 17.7 Å². The molecule has 146 valence electrons. The summed E-state index contributed by atoms with van der Waals surface area (Å²) in [6.07, 6.45) is 12.4. The summed E-state index contributed by atoms with van der Waals surface area (Å²) in [5.41, 5.74) is 5.04. The van der Waals surface area contributed by atoms with E-state index in [4.69, 9.17) is 0 Å². The Kier molecular flexibility index (Phi) is 6.16. The molecule has 1 saturated carbocycles. The third-order valence-electron chi connectivity index (χ3n) is 6.83. The van der Waals surface area contributed by atoms with E-state index in [-0.39, 0.29) is 5.82 Å². The SMILES string of the molecule is CCCCCC1CCC2c3ccc(C#Cc4ccc(F)cc4)cc3CCC2C1. The third kappa shape index (κ3) is 4.49. The molecular weight excluding hydrogens is 343 g/mol. The van der Waals surface area contributed by atoms with Crippen LogP contribution in [0, 0.1) is 29.5 Å². The Morgan fingerprint density at radius 2 is 1.71 bits per heavy atom. The van der Waals surface area contributed by atoms with Crippen LogP contribution in [0.5, 0.6) is 0 Å². The van der Waals surface area contributed by atoms with E-state index in [1.165, 1.54) is 75.5 Å². The fraction of sp³-hybridized carbons (Fsp3) is 0.481. The van der Waals surface area contributed by atoms with Crippen LogP contribution in [0.15, 0.2) is 42.5 Å². The van der Waals surface area contributed by atoms with E-state index in [2.05, 4.69) is 37.0 Å². The Morgan fingerprint density at radius 1 is 0.929 bits per heavy atom. The zero-order valence-corrected chi connectivity index (χ0v) is 17.0. The highest BCUT2D eigenvalue weighted by Gasteiger charge is 2.34. The van der Waals surface area contributed by atoms with E-state index < -0.39 is 0 Å². The highest BCUT2D eigenvalue weighted by molar-refractivity contribution is 5.47. The van der Waals surface area contributed by atoms with Gasteiger partial charge in [-0.05, 0) is 97.4 Å². The van der Waals surface area contributed by atoms with Gasteiger partial charge in [0.1, 0.15) is 5.82 Å². The fourth-order valence-electron chi connectivity index (χ4n) is 5.32. The molecule has 28 heavy (non-hydrogen) atoms. The molecule has 0 radical (unpaired) electrons. The highest BCUT2D eigenvalue weighted by Crippen LogP contribution is 2.47. The van der Waals surface area contributed by atoms with E-state index >= 15 is 0 Å². The quantitative estimate of drug-likeness (QED) is 0.390. The lowest BCUT2D eigenvalue weighted by Gasteiger charge is -2.40. The van der Waals surface area contributed by atoms with E-state index in [1.807, 2.05) is 0 Å². The molecule has 2 aliphatic rings. The van der Waals surface area contributed by atoms with Crippen molar-refractivity contribution in [2.45, 2.75) is 70.6 Å². The second kappa shape index (κ2) is 8.95. The van der Waals surface area contributed by atoms with Crippen LogP contribution in [-0.2, 0) is 6.42 Å². The van der Waals surface area contributed by atoms with Gasteiger partial charge in [-0.3, -0.25) is 0 Å². The number of halogens is 1. The normalized spacial score (nSPS) is 23.3. The minimum Gasteiger partial charge on any atom is -0.207 e. The molecule has 0 nitrogen and oxygen atoms in total. The summed E-state index contributed by atoms with van der Waals surface area (Å²) in [5.74, 6) is 8.85. The molecule has 3 atom stereocenters. The lowest BCUT2D eigenvalue weighted by atomic mass is 9.64. The van der Waals surface area contributed by atoms with Crippen LogP contribution in [0.25, 0.3) is 0 Å². The van der Waals surface area contributed by atoms with Crippen molar-refractivity contribution < 1.29 is 4.39 Å². The van der Waals surface area contributed by atoms with Gasteiger partial charge in [0.25, 0.3) is 0 Å². The molecule has 0 aliphatic heterocycles. The third-order valence-corrected chi connectivity index (χ3v) is 6.83. The Labute approximate surface area is 169 Å². The van der Waals surface area contributed by atoms with E-state index in [0.29, 0.717) is 0 Å². The Balaban J connectivity index is 1.44. The monoisotopic (exact) mass is 374 g/mol. The molecule has 1 heteroatoms. The molecule has 0 spiro atoms. The van der Waals surface area contributed by atoms with Gasteiger partial charge in [0.05, 0.1) is 0 Å². The number of rotatable bonds is 4. The summed E-state index contributed by atoms with van der Waals surface area (Å²) < 4.78 is 13.0. The molecule has 3 unspecified atom stereocenters. The molecule has 0 bridgehead atoms. The molecular formula is C27H31F. The van der Waals surface area contributed by atoms with Crippen LogP contribution in [-0.4, -0.2) is 0 Å². The average Bonchev–Trinajstić information content (AvgIpc) is 2.73. The maximum absolute atomic E-state index is 13.0. The van der Waals surface area contributed by atoms with Crippen LogP contribution in [0.3, 0.4) is 0 Å². The van der Waals surface area contributed by atoms with Gasteiger partial charge in [-0.15, -0.1) is 0 Å². The number of unbranched alkanes of at least 4 members (excludes halogenated alkanes) is 2. The second-order valence-corrected chi connectivity index (χ2v) is 8.75. The number of hydrogen-bond donors (Lipinski definition) is 0. The molecule has 1 fully saturated rings. The first kappa shape index (κ1) is 19.3. The maximum Gasteiger partial charge on any atom is 0.123 e. The molecule has 2 aromatic carbocycles. The predicted octanol–water partition coefficient (Wildman–Crippen LogP) is 7.25. The Bertz CT molecular complexity index is 852. The molecule has 0 N–H and O–H groups in total. The summed E-state index contributed by atoms with van der Waals surface area (Å²) in [7, 11) is 0. The largest absolute Gasteiger partial charge is 0.207 e. The Morgan fingerprint density at radius 3 is 2.54 bits per heavy atom. The molecule has 0 amide bonds. The zero-order chi connectivity index (χ0) is 19.3. The van der Waals surface area contributed by atoms with Crippen LogP contribution < -0.4 is 0 Å². The highest BCUT2D eigenvalue weighted by atomic mass is 19.1. The lowest BCUT2D eigenvalue weighted by molar-refractivity contribution is 0.199. The van der Waals surface area contributed by atoms with Gasteiger partial charge in [0.15, 0.2) is 0 Å². The second-order valence-electron chi connectivity index (χ2n) is 8.75. The zero-order valence-electron chi connectivity index (χ0n) is 17.0. The van der Waals surface area contributed by atoms with E-state index in [9.17, 15) is 4.39 Å². The van der Waals surface area contributed by atoms with Gasteiger partial charge in [0.2, 0.25) is 0 Å². The molecule has 4 rings (SSSR count). The van der Waals surface area contributed by atoms with E-state index in [0.717, 1.165) is 28.9 Å². The van der Waals surface area contributed by atoms with Gasteiger partial charge < -0.3 is 0 Å². The predicted molar refractivity (Wildman–Crippen MR) is 115 cm³/mol. The topological polar surface area (TPSA) is 0 Å². The number of fused-ring (bicyclic) bond motifs is 3. The van der Waals surface area contributed by atoms with Crippen LogP contribution in [0.2, 0.25) is 0 Å². The van der Waals surface area contributed by atoms with Crippen molar-refractivity contribution in [3.63, 3.8) is 0 Å². The van der Waals surface area contributed by atoms with Crippen LogP contribution >= 0.6 is 0 Å². The van der Waals surface area contributed by atoms with Gasteiger partial charge >= 0.3 is 0 Å². The first-order chi connectivity index (χ1) is 13.7. The van der Waals surface area contributed by atoms with Crippen molar-refractivity contribution >= 4 is 0 Å². The summed E-state index contributed by atoms with van der Waals surface area (Å²) in [4.78, 5) is 0. The first-order valence-electron chi connectivity index (χ1n) is 11.1.